The molecule has 1 saturated heterocycles. The van der Waals surface area contributed by atoms with E-state index in [9.17, 15) is 0 Å². The summed E-state index contributed by atoms with van der Waals surface area (Å²) in [4.78, 5) is 10.9. The Morgan fingerprint density at radius 3 is 3.00 bits per heavy atom. The van der Waals surface area contributed by atoms with Crippen LogP contribution in [0.2, 0.25) is 0 Å². The molecule has 3 heterocycles. The van der Waals surface area contributed by atoms with Crippen LogP contribution in [-0.4, -0.2) is 63.4 Å². The number of morpholine rings is 1. The van der Waals surface area contributed by atoms with E-state index in [2.05, 4.69) is 32.2 Å². The first kappa shape index (κ1) is 13.3. The van der Waals surface area contributed by atoms with Gasteiger partial charge in [0.1, 0.15) is 12.1 Å². The number of aryl methyl sites for hydroxylation is 1. The predicted octanol–water partition coefficient (Wildman–Crippen LogP) is 0.565. The van der Waals surface area contributed by atoms with Gasteiger partial charge in [-0.3, -0.25) is 4.90 Å². The molecule has 1 aliphatic rings. The second-order valence-electron chi connectivity index (χ2n) is 5.13. The summed E-state index contributed by atoms with van der Waals surface area (Å²) in [5.74, 6) is 1.57. The minimum Gasteiger partial charge on any atom is -0.379 e. The Hall–Kier alpha value is -1.73. The second kappa shape index (κ2) is 5.72. The van der Waals surface area contributed by atoms with Crippen molar-refractivity contribution in [2.45, 2.75) is 19.9 Å². The topological polar surface area (TPSA) is 67.6 Å². The maximum Gasteiger partial charge on any atom is 0.254 e. The third-order valence-corrected chi connectivity index (χ3v) is 3.63. The molecule has 0 bridgehead atoms. The van der Waals surface area contributed by atoms with Crippen molar-refractivity contribution < 1.29 is 4.74 Å². The van der Waals surface area contributed by atoms with Gasteiger partial charge < -0.3 is 10.1 Å². The Kier molecular flexibility index (Phi) is 3.79. The first-order valence-electron chi connectivity index (χ1n) is 6.97. The Bertz CT molecular complexity index is 577. The van der Waals surface area contributed by atoms with E-state index >= 15 is 0 Å². The number of aromatic nitrogens is 4. The highest BCUT2D eigenvalue weighted by molar-refractivity contribution is 5.44. The van der Waals surface area contributed by atoms with Gasteiger partial charge >= 0.3 is 0 Å². The van der Waals surface area contributed by atoms with Crippen molar-refractivity contribution in [1.82, 2.24) is 24.5 Å². The first-order chi connectivity index (χ1) is 9.74. The van der Waals surface area contributed by atoms with E-state index < -0.39 is 0 Å². The number of hydrogen-bond donors (Lipinski definition) is 1. The molecule has 1 N–H and O–H groups in total. The molecule has 1 fully saturated rings. The zero-order valence-corrected chi connectivity index (χ0v) is 11.9. The third kappa shape index (κ3) is 2.73. The summed E-state index contributed by atoms with van der Waals surface area (Å²) in [6, 6.07) is 2.44. The van der Waals surface area contributed by atoms with Crippen molar-refractivity contribution in [3.63, 3.8) is 0 Å². The Labute approximate surface area is 118 Å². The molecule has 3 rings (SSSR count). The van der Waals surface area contributed by atoms with E-state index in [1.807, 2.05) is 13.0 Å². The van der Waals surface area contributed by atoms with Crippen LogP contribution in [0.1, 0.15) is 12.6 Å². The average Bonchev–Trinajstić information content (AvgIpc) is 2.93. The van der Waals surface area contributed by atoms with Crippen LogP contribution in [-0.2, 0) is 4.74 Å². The highest BCUT2D eigenvalue weighted by atomic mass is 16.5. The van der Waals surface area contributed by atoms with Crippen LogP contribution in [0.4, 0.5) is 5.82 Å². The van der Waals surface area contributed by atoms with E-state index in [1.54, 1.807) is 4.52 Å². The third-order valence-electron chi connectivity index (χ3n) is 3.63. The molecule has 1 atom stereocenters. The van der Waals surface area contributed by atoms with Crippen molar-refractivity contribution in [3.8, 4) is 0 Å². The molecular weight excluding hydrogens is 256 g/mol. The van der Waals surface area contributed by atoms with Crippen LogP contribution in [0.25, 0.3) is 5.78 Å². The van der Waals surface area contributed by atoms with Crippen LogP contribution in [0, 0.1) is 6.92 Å². The molecule has 2 aromatic heterocycles. The van der Waals surface area contributed by atoms with Crippen molar-refractivity contribution in [3.05, 3.63) is 18.1 Å². The second-order valence-corrected chi connectivity index (χ2v) is 5.13. The lowest BCUT2D eigenvalue weighted by Gasteiger charge is -2.32. The molecule has 0 radical (unpaired) electrons. The van der Waals surface area contributed by atoms with Gasteiger partial charge in [-0.2, -0.15) is 14.6 Å². The van der Waals surface area contributed by atoms with E-state index in [0.29, 0.717) is 11.8 Å². The fourth-order valence-corrected chi connectivity index (χ4v) is 2.46. The average molecular weight is 276 g/mol. The van der Waals surface area contributed by atoms with Gasteiger partial charge in [-0.15, -0.1) is 0 Å². The molecule has 20 heavy (non-hydrogen) atoms. The van der Waals surface area contributed by atoms with Crippen LogP contribution in [0.15, 0.2) is 12.4 Å². The predicted molar refractivity (Wildman–Crippen MR) is 75.9 cm³/mol. The summed E-state index contributed by atoms with van der Waals surface area (Å²) in [7, 11) is 0. The summed E-state index contributed by atoms with van der Waals surface area (Å²) in [5.41, 5.74) is 0.937. The highest BCUT2D eigenvalue weighted by Gasteiger charge is 2.17. The zero-order chi connectivity index (χ0) is 13.9. The Morgan fingerprint density at radius 1 is 1.40 bits per heavy atom. The Balaban J connectivity index is 1.68. The molecule has 0 unspecified atom stereocenters. The Morgan fingerprint density at radius 2 is 2.20 bits per heavy atom. The molecule has 7 heteroatoms. The molecular formula is C13H20N6O. The summed E-state index contributed by atoms with van der Waals surface area (Å²) < 4.78 is 7.12. The lowest BCUT2D eigenvalue weighted by atomic mass is 10.2. The van der Waals surface area contributed by atoms with Crippen molar-refractivity contribution in [1.29, 1.82) is 0 Å². The van der Waals surface area contributed by atoms with Gasteiger partial charge in [-0.1, -0.05) is 0 Å². The minimum absolute atomic E-state index is 0.450. The van der Waals surface area contributed by atoms with Gasteiger partial charge in [-0.05, 0) is 13.8 Å². The van der Waals surface area contributed by atoms with Crippen LogP contribution < -0.4 is 5.32 Å². The zero-order valence-electron chi connectivity index (χ0n) is 11.9. The minimum atomic E-state index is 0.450. The molecule has 108 valence electrons. The molecule has 2 aromatic rings. The molecule has 0 aromatic carbocycles. The lowest BCUT2D eigenvalue weighted by molar-refractivity contribution is 0.0227. The summed E-state index contributed by atoms with van der Waals surface area (Å²) in [6.45, 7) is 8.69. The van der Waals surface area contributed by atoms with E-state index in [1.165, 1.54) is 6.33 Å². The van der Waals surface area contributed by atoms with Crippen LogP contribution in [0.3, 0.4) is 0 Å². The first-order valence-corrected chi connectivity index (χ1v) is 6.97. The largest absolute Gasteiger partial charge is 0.379 e. The van der Waals surface area contributed by atoms with Crippen molar-refractivity contribution in [2.24, 2.45) is 0 Å². The standard InChI is InChI=1S/C13H20N6O/c1-10-7-12(19-13(17-10)15-9-16-19)14-8-11(2)18-3-5-20-6-4-18/h7,9,11,14H,3-6,8H2,1-2H3/t11-/m1/s1. The lowest BCUT2D eigenvalue weighted by Crippen LogP contribution is -2.45. The molecule has 7 nitrogen and oxygen atoms in total. The smallest absolute Gasteiger partial charge is 0.254 e. The number of nitrogens with zero attached hydrogens (tertiary/aromatic N) is 5. The van der Waals surface area contributed by atoms with Gasteiger partial charge in [0, 0.05) is 37.4 Å². The SMILES string of the molecule is Cc1cc(NC[C@@H](C)N2CCOCC2)n2ncnc2n1. The summed E-state index contributed by atoms with van der Waals surface area (Å²) >= 11 is 0. The van der Waals surface area contributed by atoms with Crippen molar-refractivity contribution in [2.75, 3.05) is 38.2 Å². The maximum atomic E-state index is 5.38. The van der Waals surface area contributed by atoms with E-state index in [-0.39, 0.29) is 0 Å². The number of nitrogens with one attached hydrogen (secondary N) is 1. The quantitative estimate of drug-likeness (QED) is 0.880. The van der Waals surface area contributed by atoms with Gasteiger partial charge in [-0.25, -0.2) is 4.98 Å². The number of ether oxygens (including phenoxy) is 1. The number of fused-ring (bicyclic) bond motifs is 1. The summed E-state index contributed by atoms with van der Waals surface area (Å²) in [5, 5.41) is 7.65. The van der Waals surface area contributed by atoms with Crippen LogP contribution >= 0.6 is 0 Å². The maximum absolute atomic E-state index is 5.38. The van der Waals surface area contributed by atoms with Crippen LogP contribution in [0.5, 0.6) is 0 Å². The summed E-state index contributed by atoms with van der Waals surface area (Å²) in [6.07, 6.45) is 1.53. The number of hydrogen-bond acceptors (Lipinski definition) is 6. The fraction of sp³-hybridized carbons (Fsp3) is 0.615. The molecule has 0 saturated carbocycles. The van der Waals surface area contributed by atoms with Gasteiger partial charge in [0.25, 0.3) is 5.78 Å². The van der Waals surface area contributed by atoms with Gasteiger partial charge in [0.05, 0.1) is 13.2 Å². The number of anilines is 1. The monoisotopic (exact) mass is 276 g/mol. The van der Waals surface area contributed by atoms with Gasteiger partial charge in [0.2, 0.25) is 0 Å². The molecule has 0 amide bonds. The molecule has 0 aliphatic carbocycles. The van der Waals surface area contributed by atoms with Crippen molar-refractivity contribution >= 4 is 11.6 Å². The molecule has 0 spiro atoms. The normalized spacial score (nSPS) is 18.3. The van der Waals surface area contributed by atoms with E-state index in [0.717, 1.165) is 44.4 Å². The molecule has 1 aliphatic heterocycles. The van der Waals surface area contributed by atoms with E-state index in [4.69, 9.17) is 4.74 Å². The number of rotatable bonds is 4. The van der Waals surface area contributed by atoms with Gasteiger partial charge in [0.15, 0.2) is 0 Å². The highest BCUT2D eigenvalue weighted by Crippen LogP contribution is 2.11. The fourth-order valence-electron chi connectivity index (χ4n) is 2.46.